The molecular weight excluding hydrogens is 484 g/mol. The van der Waals surface area contributed by atoms with Gasteiger partial charge in [-0.1, -0.05) is 109 Å². The van der Waals surface area contributed by atoms with Gasteiger partial charge in [-0.2, -0.15) is 0 Å². The lowest BCUT2D eigenvalue weighted by Gasteiger charge is -2.25. The van der Waals surface area contributed by atoms with Gasteiger partial charge in [0.1, 0.15) is 17.0 Å². The number of aliphatic imine (C=N–C) groups is 1. The third kappa shape index (κ3) is 3.34. The Morgan fingerprint density at radius 2 is 1.42 bits per heavy atom. The Hall–Kier alpha value is -4.54. The van der Waals surface area contributed by atoms with Crippen LogP contribution in [0.2, 0.25) is 0 Å². The molecule has 5 aromatic carbocycles. The zero-order chi connectivity index (χ0) is 25.1. The highest BCUT2D eigenvalue weighted by atomic mass is 32.2. The van der Waals surface area contributed by atoms with E-state index in [1.165, 1.54) is 20.9 Å². The van der Waals surface area contributed by atoms with E-state index in [1.807, 2.05) is 23.9 Å². The molecule has 3 nitrogen and oxygen atoms in total. The van der Waals surface area contributed by atoms with Crippen molar-refractivity contribution in [2.75, 3.05) is 0 Å². The van der Waals surface area contributed by atoms with Crippen molar-refractivity contribution in [2.24, 2.45) is 4.99 Å². The molecule has 1 N–H and O–H groups in total. The number of rotatable bonds is 3. The van der Waals surface area contributed by atoms with Gasteiger partial charge in [0, 0.05) is 31.7 Å². The number of nitrogens with one attached hydrogen (secondary N) is 1. The summed E-state index contributed by atoms with van der Waals surface area (Å²) in [6.07, 6.45) is 0. The second-order valence-corrected chi connectivity index (χ2v) is 10.7. The smallest absolute Gasteiger partial charge is 0.136 e. The quantitative estimate of drug-likeness (QED) is 0.261. The van der Waals surface area contributed by atoms with Crippen LogP contribution in [0.5, 0.6) is 0 Å². The Labute approximate surface area is 224 Å². The van der Waals surface area contributed by atoms with Crippen molar-refractivity contribution in [3.63, 3.8) is 0 Å². The van der Waals surface area contributed by atoms with Crippen molar-refractivity contribution in [3.05, 3.63) is 143 Å². The molecule has 1 unspecified atom stereocenters. The number of benzene rings is 5. The molecule has 0 bridgehead atoms. The van der Waals surface area contributed by atoms with Gasteiger partial charge in [-0.25, -0.2) is 4.99 Å². The van der Waals surface area contributed by atoms with Gasteiger partial charge in [0.2, 0.25) is 0 Å². The lowest BCUT2D eigenvalue weighted by molar-refractivity contribution is 0.669. The summed E-state index contributed by atoms with van der Waals surface area (Å²) in [6.45, 7) is 0. The van der Waals surface area contributed by atoms with Crippen LogP contribution in [-0.4, -0.2) is 5.84 Å². The molecule has 1 aromatic heterocycles. The Balaban J connectivity index is 1.32. The van der Waals surface area contributed by atoms with Gasteiger partial charge in [0.05, 0.1) is 11.7 Å². The maximum atomic E-state index is 6.40. The number of nitrogens with zero attached hydrogens (tertiary/aromatic N) is 1. The van der Waals surface area contributed by atoms with Gasteiger partial charge in [-0.15, -0.1) is 0 Å². The molecule has 0 aliphatic carbocycles. The number of hydrogen-bond donors (Lipinski definition) is 1. The van der Waals surface area contributed by atoms with Crippen LogP contribution in [0.15, 0.2) is 141 Å². The largest absolute Gasteiger partial charge is 0.456 e. The van der Waals surface area contributed by atoms with Crippen molar-refractivity contribution >= 4 is 45.2 Å². The molecule has 0 fully saturated rings. The van der Waals surface area contributed by atoms with Crippen LogP contribution in [0.3, 0.4) is 0 Å². The zero-order valence-electron chi connectivity index (χ0n) is 20.4. The first-order valence-corrected chi connectivity index (χ1v) is 13.6. The SMILES string of the molecule is c1ccc(C2=C3Sc4ccccc4C3NC(c3cccc4oc5cc(-c6ccccc6)ccc5c34)=N2)cc1. The summed E-state index contributed by atoms with van der Waals surface area (Å²) < 4.78 is 6.40. The molecule has 38 heavy (non-hydrogen) atoms. The molecule has 3 heterocycles. The second-order valence-electron chi connectivity index (χ2n) is 9.61. The third-order valence-corrected chi connectivity index (χ3v) is 8.60. The summed E-state index contributed by atoms with van der Waals surface area (Å²) in [5, 5.41) is 5.98. The second kappa shape index (κ2) is 8.51. The fraction of sp³-hybridized carbons (Fsp3) is 0.0294. The first-order chi connectivity index (χ1) is 18.8. The van der Waals surface area contributed by atoms with E-state index >= 15 is 0 Å². The van der Waals surface area contributed by atoms with E-state index in [0.717, 1.165) is 50.2 Å². The molecule has 0 saturated heterocycles. The Morgan fingerprint density at radius 3 is 2.26 bits per heavy atom. The summed E-state index contributed by atoms with van der Waals surface area (Å²) in [5.74, 6) is 0.871. The summed E-state index contributed by atoms with van der Waals surface area (Å²) in [7, 11) is 0. The van der Waals surface area contributed by atoms with Crippen LogP contribution < -0.4 is 5.32 Å². The molecule has 0 spiro atoms. The molecule has 4 heteroatoms. The summed E-state index contributed by atoms with van der Waals surface area (Å²) in [6, 6.07) is 42.4. The Bertz CT molecular complexity index is 1920. The predicted octanol–water partition coefficient (Wildman–Crippen LogP) is 8.82. The minimum atomic E-state index is 0.0667. The van der Waals surface area contributed by atoms with E-state index in [4.69, 9.17) is 9.41 Å². The van der Waals surface area contributed by atoms with Crippen molar-refractivity contribution in [3.8, 4) is 11.1 Å². The first kappa shape index (κ1) is 21.5. The fourth-order valence-electron chi connectivity index (χ4n) is 5.57. The van der Waals surface area contributed by atoms with E-state index < -0.39 is 0 Å². The average Bonchev–Trinajstić information content (AvgIpc) is 3.55. The monoisotopic (exact) mass is 506 g/mol. The number of furan rings is 1. The van der Waals surface area contributed by atoms with Gasteiger partial charge < -0.3 is 9.73 Å². The number of fused-ring (bicyclic) bond motifs is 6. The van der Waals surface area contributed by atoms with Crippen molar-refractivity contribution in [2.45, 2.75) is 10.9 Å². The van der Waals surface area contributed by atoms with Gasteiger partial charge >= 0.3 is 0 Å². The Morgan fingerprint density at radius 1 is 0.658 bits per heavy atom. The van der Waals surface area contributed by atoms with Crippen LogP contribution in [0.1, 0.15) is 22.7 Å². The van der Waals surface area contributed by atoms with Gasteiger partial charge in [0.25, 0.3) is 0 Å². The van der Waals surface area contributed by atoms with Gasteiger partial charge in [0.15, 0.2) is 0 Å². The topological polar surface area (TPSA) is 37.5 Å². The zero-order valence-corrected chi connectivity index (χ0v) is 21.2. The van der Waals surface area contributed by atoms with Crippen LogP contribution in [0, 0.1) is 0 Å². The van der Waals surface area contributed by atoms with Crippen LogP contribution in [0.4, 0.5) is 0 Å². The lowest BCUT2D eigenvalue weighted by atomic mass is 9.98. The molecule has 0 amide bonds. The predicted molar refractivity (Wildman–Crippen MR) is 157 cm³/mol. The lowest BCUT2D eigenvalue weighted by Crippen LogP contribution is -2.32. The highest BCUT2D eigenvalue weighted by molar-refractivity contribution is 8.03. The number of hydrogen-bond acceptors (Lipinski definition) is 4. The maximum absolute atomic E-state index is 6.40. The Kier molecular flexibility index (Phi) is 4.82. The maximum Gasteiger partial charge on any atom is 0.136 e. The molecule has 180 valence electrons. The highest BCUT2D eigenvalue weighted by Crippen LogP contribution is 2.52. The first-order valence-electron chi connectivity index (χ1n) is 12.8. The van der Waals surface area contributed by atoms with E-state index in [2.05, 4.69) is 115 Å². The molecule has 1 atom stereocenters. The molecule has 2 aliphatic heterocycles. The van der Waals surface area contributed by atoms with Crippen molar-refractivity contribution in [1.82, 2.24) is 5.32 Å². The van der Waals surface area contributed by atoms with E-state index in [-0.39, 0.29) is 6.04 Å². The summed E-state index contributed by atoms with van der Waals surface area (Å²) >= 11 is 1.82. The highest BCUT2D eigenvalue weighted by Gasteiger charge is 2.35. The molecular formula is C34H22N2OS. The van der Waals surface area contributed by atoms with Crippen molar-refractivity contribution < 1.29 is 4.42 Å². The molecule has 6 aromatic rings. The van der Waals surface area contributed by atoms with E-state index in [1.54, 1.807) is 0 Å². The molecule has 8 rings (SSSR count). The van der Waals surface area contributed by atoms with Gasteiger partial charge in [-0.3, -0.25) is 0 Å². The normalized spacial score (nSPS) is 16.3. The minimum Gasteiger partial charge on any atom is -0.456 e. The van der Waals surface area contributed by atoms with Crippen LogP contribution in [-0.2, 0) is 0 Å². The van der Waals surface area contributed by atoms with E-state index in [0.29, 0.717) is 0 Å². The van der Waals surface area contributed by atoms with E-state index in [9.17, 15) is 0 Å². The molecule has 2 aliphatic rings. The number of thioether (sulfide) groups is 1. The van der Waals surface area contributed by atoms with Crippen LogP contribution in [0.25, 0.3) is 38.8 Å². The van der Waals surface area contributed by atoms with Crippen LogP contribution >= 0.6 is 11.8 Å². The number of amidine groups is 1. The molecule has 0 radical (unpaired) electrons. The third-order valence-electron chi connectivity index (χ3n) is 7.36. The molecule has 0 saturated carbocycles. The van der Waals surface area contributed by atoms with Gasteiger partial charge in [-0.05, 0) is 41.0 Å². The summed E-state index contributed by atoms with van der Waals surface area (Å²) in [5.41, 5.74) is 8.57. The average molecular weight is 507 g/mol. The van der Waals surface area contributed by atoms with Crippen molar-refractivity contribution in [1.29, 1.82) is 0 Å². The standard InChI is InChI=1S/C34H22N2OS/c1-3-10-21(11-4-1)23-18-19-24-28(20-23)37-27-16-9-15-26(30(24)27)34-35-31(22-12-5-2-6-13-22)33-32(36-34)25-14-7-8-17-29(25)38-33/h1-20,32H,(H,35,36). The summed E-state index contributed by atoms with van der Waals surface area (Å²) in [4.78, 5) is 7.80. The minimum absolute atomic E-state index is 0.0667. The fourth-order valence-corrected chi connectivity index (χ4v) is 6.82.